The molecule has 0 atom stereocenters. The fraction of sp³-hybridized carbons (Fsp3) is 0.222. The fourth-order valence-corrected chi connectivity index (χ4v) is 2.68. The van der Waals surface area contributed by atoms with E-state index in [4.69, 9.17) is 4.74 Å². The van der Waals surface area contributed by atoms with Crippen LogP contribution in [0, 0.1) is 6.92 Å². The van der Waals surface area contributed by atoms with Gasteiger partial charge in [-0.05, 0) is 30.7 Å². The highest BCUT2D eigenvalue weighted by atomic mass is 16.5. The molecule has 3 rings (SSSR count). The van der Waals surface area contributed by atoms with Crippen LogP contribution in [0.4, 0.5) is 5.69 Å². The van der Waals surface area contributed by atoms with Crippen molar-refractivity contribution in [3.05, 3.63) is 53.3 Å². The van der Waals surface area contributed by atoms with E-state index in [9.17, 15) is 14.4 Å². The van der Waals surface area contributed by atoms with Crippen LogP contribution in [-0.2, 0) is 4.79 Å². The Morgan fingerprint density at radius 1 is 1.20 bits per heavy atom. The van der Waals surface area contributed by atoms with Crippen LogP contribution in [0.1, 0.15) is 32.7 Å². The standard InChI is InChI=1S/C18H17N3O4/c1-11-3-4-15(25-2)14(9-11)20-16(22)6-8-21-17(23)12-5-7-19-10-13(12)18(21)24/h3-5,7,9-10H,6,8H2,1-2H3,(H,20,22). The van der Waals surface area contributed by atoms with Crippen molar-refractivity contribution in [2.45, 2.75) is 13.3 Å². The molecule has 128 valence electrons. The summed E-state index contributed by atoms with van der Waals surface area (Å²) in [6.45, 7) is 1.91. The quantitative estimate of drug-likeness (QED) is 0.842. The largest absolute Gasteiger partial charge is 0.495 e. The van der Waals surface area contributed by atoms with E-state index < -0.39 is 11.8 Å². The molecule has 1 aliphatic rings. The third-order valence-corrected chi connectivity index (χ3v) is 3.96. The number of imide groups is 1. The summed E-state index contributed by atoms with van der Waals surface area (Å²) in [6.07, 6.45) is 2.83. The van der Waals surface area contributed by atoms with Gasteiger partial charge in [-0.15, -0.1) is 0 Å². The van der Waals surface area contributed by atoms with Gasteiger partial charge in [-0.25, -0.2) is 0 Å². The van der Waals surface area contributed by atoms with Crippen LogP contribution in [0.3, 0.4) is 0 Å². The molecule has 1 aliphatic heterocycles. The molecule has 2 aromatic rings. The fourth-order valence-electron chi connectivity index (χ4n) is 2.68. The second-order valence-electron chi connectivity index (χ2n) is 5.69. The smallest absolute Gasteiger partial charge is 0.263 e. The zero-order chi connectivity index (χ0) is 18.0. The van der Waals surface area contributed by atoms with E-state index in [0.717, 1.165) is 10.5 Å². The molecule has 0 bridgehead atoms. The summed E-state index contributed by atoms with van der Waals surface area (Å²) in [5.74, 6) is -0.582. The van der Waals surface area contributed by atoms with Gasteiger partial charge in [-0.1, -0.05) is 6.07 Å². The van der Waals surface area contributed by atoms with Gasteiger partial charge in [-0.2, -0.15) is 0 Å². The zero-order valence-electron chi connectivity index (χ0n) is 13.9. The Morgan fingerprint density at radius 2 is 1.96 bits per heavy atom. The number of carbonyl (C=O) groups excluding carboxylic acids is 3. The molecule has 0 spiro atoms. The summed E-state index contributed by atoms with van der Waals surface area (Å²) in [6, 6.07) is 6.95. The van der Waals surface area contributed by atoms with Crippen molar-refractivity contribution in [2.75, 3.05) is 19.0 Å². The highest BCUT2D eigenvalue weighted by molar-refractivity contribution is 6.21. The SMILES string of the molecule is COc1ccc(C)cc1NC(=O)CCN1C(=O)c2ccncc2C1=O. The summed E-state index contributed by atoms with van der Waals surface area (Å²) in [5.41, 5.74) is 2.12. The number of methoxy groups -OCH3 is 1. The molecule has 0 saturated heterocycles. The lowest BCUT2D eigenvalue weighted by Crippen LogP contribution is -2.32. The van der Waals surface area contributed by atoms with Crippen molar-refractivity contribution in [3.8, 4) is 5.75 Å². The molecule has 0 radical (unpaired) electrons. The Labute approximate surface area is 144 Å². The van der Waals surface area contributed by atoms with Gasteiger partial charge in [0.05, 0.1) is 23.9 Å². The normalized spacial score (nSPS) is 13.0. The molecular weight excluding hydrogens is 322 g/mol. The first-order chi connectivity index (χ1) is 12.0. The molecule has 7 heteroatoms. The Bertz CT molecular complexity index is 828. The molecule has 7 nitrogen and oxygen atoms in total. The highest BCUT2D eigenvalue weighted by Crippen LogP contribution is 2.26. The highest BCUT2D eigenvalue weighted by Gasteiger charge is 2.35. The Kier molecular flexibility index (Phi) is 4.47. The molecule has 0 unspecified atom stereocenters. The third kappa shape index (κ3) is 3.21. The Balaban J connectivity index is 1.65. The van der Waals surface area contributed by atoms with Crippen molar-refractivity contribution in [2.24, 2.45) is 0 Å². The molecule has 1 aromatic carbocycles. The number of amides is 3. The van der Waals surface area contributed by atoms with E-state index in [2.05, 4.69) is 10.3 Å². The zero-order valence-corrected chi connectivity index (χ0v) is 13.9. The van der Waals surface area contributed by atoms with Crippen molar-refractivity contribution in [3.63, 3.8) is 0 Å². The maximum Gasteiger partial charge on any atom is 0.263 e. The Hall–Kier alpha value is -3.22. The summed E-state index contributed by atoms with van der Waals surface area (Å²) < 4.78 is 5.22. The van der Waals surface area contributed by atoms with Gasteiger partial charge < -0.3 is 10.1 Å². The number of benzene rings is 1. The lowest BCUT2D eigenvalue weighted by atomic mass is 10.2. The lowest BCUT2D eigenvalue weighted by molar-refractivity contribution is -0.116. The van der Waals surface area contributed by atoms with Gasteiger partial charge in [0.1, 0.15) is 5.75 Å². The number of aromatic nitrogens is 1. The van der Waals surface area contributed by atoms with E-state index in [-0.39, 0.29) is 24.4 Å². The minimum absolute atomic E-state index is 0.00397. The van der Waals surface area contributed by atoms with Crippen LogP contribution in [0.2, 0.25) is 0 Å². The number of pyridine rings is 1. The number of fused-ring (bicyclic) bond motifs is 1. The molecule has 0 saturated carbocycles. The topological polar surface area (TPSA) is 88.6 Å². The Morgan fingerprint density at radius 3 is 2.68 bits per heavy atom. The number of ether oxygens (including phenoxy) is 1. The van der Waals surface area contributed by atoms with Crippen LogP contribution >= 0.6 is 0 Å². The third-order valence-electron chi connectivity index (χ3n) is 3.96. The maximum absolute atomic E-state index is 12.2. The number of aryl methyl sites for hydroxylation is 1. The molecule has 0 fully saturated rings. The van der Waals surface area contributed by atoms with Gasteiger partial charge in [-0.3, -0.25) is 24.3 Å². The molecule has 1 N–H and O–H groups in total. The van der Waals surface area contributed by atoms with Crippen LogP contribution in [0.5, 0.6) is 5.75 Å². The van der Waals surface area contributed by atoms with Crippen LogP contribution in [-0.4, -0.2) is 41.3 Å². The van der Waals surface area contributed by atoms with Gasteiger partial charge in [0.15, 0.2) is 0 Å². The predicted molar refractivity (Wildman–Crippen MR) is 90.6 cm³/mol. The number of carbonyl (C=O) groups is 3. The number of rotatable bonds is 5. The minimum Gasteiger partial charge on any atom is -0.495 e. The molecule has 0 aliphatic carbocycles. The molecule has 2 heterocycles. The van der Waals surface area contributed by atoms with E-state index >= 15 is 0 Å². The summed E-state index contributed by atoms with van der Waals surface area (Å²) in [7, 11) is 1.52. The number of hydrogen-bond acceptors (Lipinski definition) is 5. The lowest BCUT2D eigenvalue weighted by Gasteiger charge is -2.14. The summed E-state index contributed by atoms with van der Waals surface area (Å²) in [5, 5.41) is 2.75. The molecule has 25 heavy (non-hydrogen) atoms. The minimum atomic E-state index is -0.422. The van der Waals surface area contributed by atoms with E-state index in [1.165, 1.54) is 25.6 Å². The van der Waals surface area contributed by atoms with Crippen LogP contribution < -0.4 is 10.1 Å². The second kappa shape index (κ2) is 6.72. The number of nitrogens with zero attached hydrogens (tertiary/aromatic N) is 2. The number of anilines is 1. The van der Waals surface area contributed by atoms with Gasteiger partial charge in [0.2, 0.25) is 5.91 Å². The first kappa shape index (κ1) is 16.6. The summed E-state index contributed by atoms with van der Waals surface area (Å²) in [4.78, 5) is 41.6. The number of hydrogen-bond donors (Lipinski definition) is 1. The first-order valence-electron chi connectivity index (χ1n) is 7.76. The average Bonchev–Trinajstić information content (AvgIpc) is 2.85. The average molecular weight is 339 g/mol. The van der Waals surface area contributed by atoms with Crippen molar-refractivity contribution in [1.82, 2.24) is 9.88 Å². The predicted octanol–water partition coefficient (Wildman–Crippen LogP) is 2.02. The molecule has 3 amide bonds. The van der Waals surface area contributed by atoms with Gasteiger partial charge in [0, 0.05) is 25.4 Å². The number of nitrogens with one attached hydrogen (secondary N) is 1. The summed E-state index contributed by atoms with van der Waals surface area (Å²) >= 11 is 0. The van der Waals surface area contributed by atoms with E-state index in [1.807, 2.05) is 13.0 Å². The maximum atomic E-state index is 12.2. The first-order valence-corrected chi connectivity index (χ1v) is 7.76. The second-order valence-corrected chi connectivity index (χ2v) is 5.69. The van der Waals surface area contributed by atoms with Crippen molar-refractivity contribution >= 4 is 23.4 Å². The van der Waals surface area contributed by atoms with E-state index in [0.29, 0.717) is 17.0 Å². The van der Waals surface area contributed by atoms with Gasteiger partial charge in [0.25, 0.3) is 11.8 Å². The van der Waals surface area contributed by atoms with Gasteiger partial charge >= 0.3 is 0 Å². The van der Waals surface area contributed by atoms with E-state index in [1.54, 1.807) is 12.1 Å². The van der Waals surface area contributed by atoms with Crippen LogP contribution in [0.25, 0.3) is 0 Å². The molecule has 1 aromatic heterocycles. The monoisotopic (exact) mass is 339 g/mol. The molecular formula is C18H17N3O4. The van der Waals surface area contributed by atoms with Crippen LogP contribution in [0.15, 0.2) is 36.7 Å². The van der Waals surface area contributed by atoms with Crippen molar-refractivity contribution in [1.29, 1.82) is 0 Å². The van der Waals surface area contributed by atoms with Crippen molar-refractivity contribution < 1.29 is 19.1 Å².